The molecule has 1 amide bonds. The van der Waals surface area contributed by atoms with Gasteiger partial charge in [0.15, 0.2) is 11.5 Å². The molecular weight excluding hydrogens is 408 g/mol. The van der Waals surface area contributed by atoms with Crippen LogP contribution in [0.1, 0.15) is 36.6 Å². The number of aromatic nitrogens is 1. The van der Waals surface area contributed by atoms with Gasteiger partial charge in [0.25, 0.3) is 5.56 Å². The van der Waals surface area contributed by atoms with E-state index in [4.69, 9.17) is 14.2 Å². The third kappa shape index (κ3) is 3.68. The Morgan fingerprint density at radius 2 is 1.72 bits per heavy atom. The summed E-state index contributed by atoms with van der Waals surface area (Å²) in [6.07, 6.45) is 0.671. The summed E-state index contributed by atoms with van der Waals surface area (Å²) in [5.41, 5.74) is 2.90. The first-order valence-corrected chi connectivity index (χ1v) is 10.6. The molecule has 2 heterocycles. The van der Waals surface area contributed by atoms with E-state index in [-0.39, 0.29) is 17.4 Å². The molecule has 0 aliphatic carbocycles. The number of hydrogen-bond donors (Lipinski definition) is 1. The SMILES string of the molecule is COc1ccc2[nH]c(=O)c([C@H]3c4cc(OC)c(OC)cc4CCN3C(=O)C(C)C)cc2c1. The molecule has 0 spiro atoms. The first kappa shape index (κ1) is 21.7. The molecule has 0 fully saturated rings. The van der Waals surface area contributed by atoms with Crippen LogP contribution in [-0.2, 0) is 11.2 Å². The zero-order valence-electron chi connectivity index (χ0n) is 19.0. The van der Waals surface area contributed by atoms with Crippen molar-refractivity contribution in [1.29, 1.82) is 0 Å². The van der Waals surface area contributed by atoms with E-state index in [9.17, 15) is 9.59 Å². The smallest absolute Gasteiger partial charge is 0.254 e. The predicted molar refractivity (Wildman–Crippen MR) is 123 cm³/mol. The topological polar surface area (TPSA) is 80.9 Å². The Morgan fingerprint density at radius 3 is 2.38 bits per heavy atom. The number of amides is 1. The molecule has 0 bridgehead atoms. The molecule has 1 aliphatic heterocycles. The van der Waals surface area contributed by atoms with Gasteiger partial charge in [-0.05, 0) is 53.9 Å². The van der Waals surface area contributed by atoms with Crippen molar-refractivity contribution in [3.05, 3.63) is 63.4 Å². The summed E-state index contributed by atoms with van der Waals surface area (Å²) < 4.78 is 16.4. The van der Waals surface area contributed by atoms with Gasteiger partial charge in [-0.1, -0.05) is 13.8 Å². The largest absolute Gasteiger partial charge is 0.497 e. The van der Waals surface area contributed by atoms with Crippen LogP contribution in [0.25, 0.3) is 10.9 Å². The minimum atomic E-state index is -0.534. The number of benzene rings is 2. The number of carbonyl (C=O) groups is 1. The van der Waals surface area contributed by atoms with Gasteiger partial charge >= 0.3 is 0 Å². The van der Waals surface area contributed by atoms with E-state index < -0.39 is 6.04 Å². The van der Waals surface area contributed by atoms with Gasteiger partial charge in [0.1, 0.15) is 5.75 Å². The van der Waals surface area contributed by atoms with Gasteiger partial charge in [0, 0.05) is 28.9 Å². The Kier molecular flexibility index (Phi) is 5.82. The molecule has 0 unspecified atom stereocenters. The van der Waals surface area contributed by atoms with E-state index in [0.29, 0.717) is 41.3 Å². The van der Waals surface area contributed by atoms with Crippen molar-refractivity contribution in [3.8, 4) is 17.2 Å². The number of ether oxygens (including phenoxy) is 3. The minimum absolute atomic E-state index is 0.000532. The van der Waals surface area contributed by atoms with E-state index in [1.165, 1.54) is 0 Å². The highest BCUT2D eigenvalue weighted by atomic mass is 16.5. The zero-order chi connectivity index (χ0) is 23.0. The molecule has 7 nitrogen and oxygen atoms in total. The minimum Gasteiger partial charge on any atom is -0.497 e. The second-order valence-corrected chi connectivity index (χ2v) is 8.25. The van der Waals surface area contributed by atoms with Gasteiger partial charge in [-0.2, -0.15) is 0 Å². The Hall–Kier alpha value is -3.48. The van der Waals surface area contributed by atoms with Crippen molar-refractivity contribution in [1.82, 2.24) is 9.88 Å². The third-order valence-corrected chi connectivity index (χ3v) is 6.03. The van der Waals surface area contributed by atoms with Crippen LogP contribution in [0.4, 0.5) is 0 Å². The number of carbonyl (C=O) groups excluding carboxylic acids is 1. The molecule has 3 aromatic rings. The number of nitrogens with one attached hydrogen (secondary N) is 1. The van der Waals surface area contributed by atoms with Crippen LogP contribution in [0, 0.1) is 5.92 Å². The van der Waals surface area contributed by atoms with Crippen LogP contribution in [0.15, 0.2) is 41.2 Å². The van der Waals surface area contributed by atoms with E-state index in [2.05, 4.69) is 4.98 Å². The number of pyridine rings is 1. The monoisotopic (exact) mass is 436 g/mol. The van der Waals surface area contributed by atoms with Crippen LogP contribution in [0.5, 0.6) is 17.2 Å². The van der Waals surface area contributed by atoms with Gasteiger partial charge < -0.3 is 24.1 Å². The standard InChI is InChI=1S/C25H28N2O5/c1-14(2)25(29)27-9-8-15-12-21(31-4)22(32-5)13-18(15)23(27)19-11-16-10-17(30-3)6-7-20(16)26-24(19)28/h6-7,10-14,23H,8-9H2,1-5H3,(H,26,28)/t23-/m1/s1. The second kappa shape index (κ2) is 8.57. The Balaban J connectivity index is 1.97. The van der Waals surface area contributed by atoms with Gasteiger partial charge in [-0.25, -0.2) is 0 Å². The third-order valence-electron chi connectivity index (χ3n) is 6.03. The summed E-state index contributed by atoms with van der Waals surface area (Å²) in [4.78, 5) is 31.2. The highest BCUT2D eigenvalue weighted by Gasteiger charge is 2.35. The van der Waals surface area contributed by atoms with E-state index in [0.717, 1.165) is 16.5 Å². The molecule has 168 valence electrons. The lowest BCUT2D eigenvalue weighted by Crippen LogP contribution is -2.44. The lowest BCUT2D eigenvalue weighted by molar-refractivity contribution is -0.136. The number of rotatable bonds is 5. The van der Waals surface area contributed by atoms with Crippen LogP contribution in [0.2, 0.25) is 0 Å². The molecule has 1 atom stereocenters. The van der Waals surface area contributed by atoms with Crippen LogP contribution in [-0.4, -0.2) is 43.7 Å². The molecule has 1 N–H and O–H groups in total. The zero-order valence-corrected chi connectivity index (χ0v) is 19.0. The molecule has 1 aromatic heterocycles. The molecular formula is C25H28N2O5. The number of H-pyrrole nitrogens is 1. The van der Waals surface area contributed by atoms with Gasteiger partial charge in [-0.3, -0.25) is 9.59 Å². The van der Waals surface area contributed by atoms with Crippen molar-refractivity contribution in [2.75, 3.05) is 27.9 Å². The highest BCUT2D eigenvalue weighted by Crippen LogP contribution is 2.41. The Morgan fingerprint density at radius 1 is 1.00 bits per heavy atom. The fourth-order valence-corrected chi connectivity index (χ4v) is 4.38. The summed E-state index contributed by atoms with van der Waals surface area (Å²) in [5, 5.41) is 0.837. The normalized spacial score (nSPS) is 15.6. The molecule has 4 rings (SSSR count). The quantitative estimate of drug-likeness (QED) is 0.660. The highest BCUT2D eigenvalue weighted by molar-refractivity contribution is 5.82. The van der Waals surface area contributed by atoms with Crippen LogP contribution >= 0.6 is 0 Å². The fourth-order valence-electron chi connectivity index (χ4n) is 4.38. The molecule has 0 radical (unpaired) electrons. The number of aromatic amines is 1. The van der Waals surface area contributed by atoms with Crippen LogP contribution in [0.3, 0.4) is 0 Å². The van der Waals surface area contributed by atoms with E-state index in [1.54, 1.807) is 32.3 Å². The second-order valence-electron chi connectivity index (χ2n) is 8.25. The number of hydrogen-bond acceptors (Lipinski definition) is 5. The maximum atomic E-state index is 13.2. The molecule has 0 saturated carbocycles. The number of nitrogens with zero attached hydrogens (tertiary/aromatic N) is 1. The molecule has 0 saturated heterocycles. The molecule has 32 heavy (non-hydrogen) atoms. The average molecular weight is 437 g/mol. The summed E-state index contributed by atoms with van der Waals surface area (Å²) in [7, 11) is 4.78. The summed E-state index contributed by atoms with van der Waals surface area (Å²) in [6.45, 7) is 4.26. The molecule has 1 aliphatic rings. The Labute approximate surface area is 186 Å². The van der Waals surface area contributed by atoms with Gasteiger partial charge in [0.2, 0.25) is 5.91 Å². The maximum Gasteiger partial charge on any atom is 0.254 e. The number of methoxy groups -OCH3 is 3. The lowest BCUT2D eigenvalue weighted by Gasteiger charge is -2.38. The van der Waals surface area contributed by atoms with Crippen molar-refractivity contribution < 1.29 is 19.0 Å². The van der Waals surface area contributed by atoms with E-state index in [1.807, 2.05) is 44.2 Å². The summed E-state index contributed by atoms with van der Waals surface area (Å²) in [5.74, 6) is 1.69. The summed E-state index contributed by atoms with van der Waals surface area (Å²) >= 11 is 0. The average Bonchev–Trinajstić information content (AvgIpc) is 2.81. The van der Waals surface area contributed by atoms with Gasteiger partial charge in [0.05, 0.1) is 27.4 Å². The first-order valence-electron chi connectivity index (χ1n) is 10.6. The van der Waals surface area contributed by atoms with Crippen molar-refractivity contribution in [2.45, 2.75) is 26.3 Å². The predicted octanol–water partition coefficient (Wildman–Crippen LogP) is 3.68. The van der Waals surface area contributed by atoms with Crippen LogP contribution < -0.4 is 19.8 Å². The molecule has 7 heteroatoms. The van der Waals surface area contributed by atoms with Crippen molar-refractivity contribution >= 4 is 16.8 Å². The summed E-state index contributed by atoms with van der Waals surface area (Å²) in [6, 6.07) is 10.6. The van der Waals surface area contributed by atoms with Crippen molar-refractivity contribution in [3.63, 3.8) is 0 Å². The lowest BCUT2D eigenvalue weighted by atomic mass is 9.87. The molecule has 2 aromatic carbocycles. The maximum absolute atomic E-state index is 13.2. The number of fused-ring (bicyclic) bond motifs is 2. The first-order chi connectivity index (χ1) is 15.4. The Bertz CT molecular complexity index is 1230. The fraction of sp³-hybridized carbons (Fsp3) is 0.360. The van der Waals surface area contributed by atoms with Gasteiger partial charge in [-0.15, -0.1) is 0 Å². The van der Waals surface area contributed by atoms with E-state index >= 15 is 0 Å². The van der Waals surface area contributed by atoms with Crippen molar-refractivity contribution in [2.24, 2.45) is 5.92 Å².